The number of benzene rings is 1. The zero-order chi connectivity index (χ0) is 12.1. The van der Waals surface area contributed by atoms with Crippen LogP contribution < -0.4 is 0 Å². The number of hydrogen-bond acceptors (Lipinski definition) is 1. The number of halogens is 1. The van der Waals surface area contributed by atoms with Crippen LogP contribution in [0.4, 0.5) is 0 Å². The predicted octanol–water partition coefficient (Wildman–Crippen LogP) is 3.57. The molecule has 0 N–H and O–H groups in total. The molecule has 0 fully saturated rings. The van der Waals surface area contributed by atoms with E-state index in [0.29, 0.717) is 5.92 Å². The van der Waals surface area contributed by atoms with E-state index in [4.69, 9.17) is 0 Å². The van der Waals surface area contributed by atoms with Crippen LogP contribution in [0.5, 0.6) is 0 Å². The first-order valence-electron chi connectivity index (χ1n) is 5.55. The van der Waals surface area contributed by atoms with E-state index in [2.05, 4.69) is 29.8 Å². The largest absolute Gasteiger partial charge is 0.341 e. The average molecular weight is 284 g/mol. The Morgan fingerprint density at radius 3 is 2.44 bits per heavy atom. The van der Waals surface area contributed by atoms with E-state index in [-0.39, 0.29) is 5.91 Å². The maximum absolute atomic E-state index is 12.0. The lowest BCUT2D eigenvalue weighted by molar-refractivity contribution is 0.0775. The first-order chi connectivity index (χ1) is 7.54. The minimum absolute atomic E-state index is 0.0906. The Hall–Kier alpha value is -0.830. The van der Waals surface area contributed by atoms with Gasteiger partial charge in [0.15, 0.2) is 0 Å². The van der Waals surface area contributed by atoms with E-state index in [1.54, 1.807) is 4.90 Å². The molecule has 3 heteroatoms. The maximum Gasteiger partial charge on any atom is 0.253 e. The Morgan fingerprint density at radius 2 is 1.94 bits per heavy atom. The Bertz CT molecular complexity index is 347. The Morgan fingerprint density at radius 1 is 1.38 bits per heavy atom. The van der Waals surface area contributed by atoms with Gasteiger partial charge in [0.05, 0.1) is 0 Å². The van der Waals surface area contributed by atoms with Crippen molar-refractivity contribution < 1.29 is 4.79 Å². The third-order valence-corrected chi connectivity index (χ3v) is 3.25. The zero-order valence-electron chi connectivity index (χ0n) is 10.0. The van der Waals surface area contributed by atoms with Crippen molar-refractivity contribution in [2.45, 2.75) is 20.3 Å². The topological polar surface area (TPSA) is 20.3 Å². The van der Waals surface area contributed by atoms with Gasteiger partial charge >= 0.3 is 0 Å². The van der Waals surface area contributed by atoms with Crippen molar-refractivity contribution in [2.75, 3.05) is 13.6 Å². The van der Waals surface area contributed by atoms with Crippen molar-refractivity contribution in [1.29, 1.82) is 0 Å². The molecule has 1 aromatic rings. The van der Waals surface area contributed by atoms with Crippen molar-refractivity contribution in [3.05, 3.63) is 34.3 Å². The summed E-state index contributed by atoms with van der Waals surface area (Å²) in [4.78, 5) is 13.8. The summed E-state index contributed by atoms with van der Waals surface area (Å²) < 4.78 is 0.994. The molecule has 0 saturated heterocycles. The van der Waals surface area contributed by atoms with Crippen LogP contribution >= 0.6 is 15.9 Å². The van der Waals surface area contributed by atoms with Gasteiger partial charge in [0, 0.05) is 23.6 Å². The molecule has 0 bridgehead atoms. The highest BCUT2D eigenvalue weighted by Crippen LogP contribution is 2.13. The third kappa shape index (κ3) is 3.63. The van der Waals surface area contributed by atoms with Gasteiger partial charge in [0.25, 0.3) is 5.91 Å². The molecule has 16 heavy (non-hydrogen) atoms. The lowest BCUT2D eigenvalue weighted by atomic mass is 10.1. The van der Waals surface area contributed by atoms with E-state index >= 15 is 0 Å². The summed E-state index contributed by atoms with van der Waals surface area (Å²) in [6.07, 6.45) is 1.10. The van der Waals surface area contributed by atoms with Crippen LogP contribution in [0.25, 0.3) is 0 Å². The van der Waals surface area contributed by atoms with Crippen LogP contribution in [-0.2, 0) is 0 Å². The van der Waals surface area contributed by atoms with Crippen molar-refractivity contribution in [3.8, 4) is 0 Å². The molecular weight excluding hydrogens is 266 g/mol. The molecule has 1 atom stereocenters. The highest BCUT2D eigenvalue weighted by molar-refractivity contribution is 9.10. The van der Waals surface area contributed by atoms with Gasteiger partial charge in [-0.2, -0.15) is 0 Å². The van der Waals surface area contributed by atoms with E-state index in [0.717, 1.165) is 23.0 Å². The molecule has 1 aromatic carbocycles. The summed E-state index contributed by atoms with van der Waals surface area (Å²) in [5.41, 5.74) is 0.744. The monoisotopic (exact) mass is 283 g/mol. The lowest BCUT2D eigenvalue weighted by Gasteiger charge is -2.20. The van der Waals surface area contributed by atoms with Gasteiger partial charge in [-0.15, -0.1) is 0 Å². The lowest BCUT2D eigenvalue weighted by Crippen LogP contribution is -2.30. The van der Waals surface area contributed by atoms with E-state index in [1.807, 2.05) is 31.3 Å². The second-order valence-corrected chi connectivity index (χ2v) is 5.12. The Balaban J connectivity index is 2.67. The number of hydrogen-bond donors (Lipinski definition) is 0. The maximum atomic E-state index is 12.0. The second kappa shape index (κ2) is 6.04. The highest BCUT2D eigenvalue weighted by atomic mass is 79.9. The van der Waals surface area contributed by atoms with Crippen LogP contribution in [0, 0.1) is 5.92 Å². The van der Waals surface area contributed by atoms with Crippen LogP contribution in [0.15, 0.2) is 28.7 Å². The summed E-state index contributed by atoms with van der Waals surface area (Å²) in [5, 5.41) is 0. The van der Waals surface area contributed by atoms with Crippen molar-refractivity contribution in [1.82, 2.24) is 4.90 Å². The molecule has 0 radical (unpaired) electrons. The molecule has 1 rings (SSSR count). The van der Waals surface area contributed by atoms with Crippen LogP contribution in [-0.4, -0.2) is 24.4 Å². The van der Waals surface area contributed by atoms with Gasteiger partial charge in [-0.05, 0) is 30.2 Å². The fraction of sp³-hybridized carbons (Fsp3) is 0.462. The summed E-state index contributed by atoms with van der Waals surface area (Å²) in [6, 6.07) is 7.48. The van der Waals surface area contributed by atoms with Crippen LogP contribution in [0.2, 0.25) is 0 Å². The molecule has 0 aromatic heterocycles. The number of nitrogens with zero attached hydrogens (tertiary/aromatic N) is 1. The quantitative estimate of drug-likeness (QED) is 0.827. The SMILES string of the molecule is CCC(C)CN(C)C(=O)c1ccc(Br)cc1. The summed E-state index contributed by atoms with van der Waals surface area (Å²) in [5.74, 6) is 0.636. The number of amides is 1. The first kappa shape index (κ1) is 13.2. The minimum atomic E-state index is 0.0906. The zero-order valence-corrected chi connectivity index (χ0v) is 11.6. The second-order valence-electron chi connectivity index (χ2n) is 4.21. The fourth-order valence-electron chi connectivity index (χ4n) is 1.49. The Kier molecular flexibility index (Phi) is 5.00. The third-order valence-electron chi connectivity index (χ3n) is 2.72. The first-order valence-corrected chi connectivity index (χ1v) is 6.35. The standard InChI is InChI=1S/C13H18BrNO/c1-4-10(2)9-15(3)13(16)11-5-7-12(14)8-6-11/h5-8,10H,4,9H2,1-3H3. The predicted molar refractivity (Wildman–Crippen MR) is 70.6 cm³/mol. The molecule has 0 aliphatic heterocycles. The molecule has 88 valence electrons. The molecular formula is C13H18BrNO. The molecule has 0 spiro atoms. The van der Waals surface area contributed by atoms with Gasteiger partial charge < -0.3 is 4.90 Å². The van der Waals surface area contributed by atoms with Gasteiger partial charge in [-0.1, -0.05) is 36.2 Å². The normalized spacial score (nSPS) is 12.2. The summed E-state index contributed by atoms with van der Waals surface area (Å²) in [6.45, 7) is 5.11. The fourth-order valence-corrected chi connectivity index (χ4v) is 1.76. The van der Waals surface area contributed by atoms with E-state index < -0.39 is 0 Å². The summed E-state index contributed by atoms with van der Waals surface area (Å²) >= 11 is 3.36. The van der Waals surface area contributed by atoms with Crippen molar-refractivity contribution in [2.24, 2.45) is 5.92 Å². The van der Waals surface area contributed by atoms with E-state index in [1.165, 1.54) is 0 Å². The number of rotatable bonds is 4. The van der Waals surface area contributed by atoms with Gasteiger partial charge in [0.1, 0.15) is 0 Å². The molecule has 0 aliphatic carbocycles. The van der Waals surface area contributed by atoms with Crippen LogP contribution in [0.3, 0.4) is 0 Å². The van der Waals surface area contributed by atoms with Crippen LogP contribution in [0.1, 0.15) is 30.6 Å². The molecule has 2 nitrogen and oxygen atoms in total. The Labute approximate surface area is 106 Å². The van der Waals surface area contributed by atoms with Gasteiger partial charge in [-0.25, -0.2) is 0 Å². The summed E-state index contributed by atoms with van der Waals surface area (Å²) in [7, 11) is 1.86. The average Bonchev–Trinajstić information content (AvgIpc) is 2.28. The van der Waals surface area contributed by atoms with Crippen molar-refractivity contribution in [3.63, 3.8) is 0 Å². The smallest absolute Gasteiger partial charge is 0.253 e. The number of carbonyl (C=O) groups excluding carboxylic acids is 1. The molecule has 1 unspecified atom stereocenters. The van der Waals surface area contributed by atoms with Crippen molar-refractivity contribution >= 4 is 21.8 Å². The van der Waals surface area contributed by atoms with E-state index in [9.17, 15) is 4.79 Å². The molecule has 0 saturated carbocycles. The minimum Gasteiger partial charge on any atom is -0.341 e. The van der Waals surface area contributed by atoms with Gasteiger partial charge in [0.2, 0.25) is 0 Å². The van der Waals surface area contributed by atoms with Gasteiger partial charge in [-0.3, -0.25) is 4.79 Å². The molecule has 0 aliphatic rings. The highest BCUT2D eigenvalue weighted by Gasteiger charge is 2.13. The molecule has 1 amide bonds. The number of carbonyl (C=O) groups is 1. The molecule has 0 heterocycles.